The summed E-state index contributed by atoms with van der Waals surface area (Å²) in [4.78, 5) is 0. The molecule has 0 aliphatic heterocycles. The third-order valence-electron chi connectivity index (χ3n) is 2.01. The predicted octanol–water partition coefficient (Wildman–Crippen LogP) is 4.26. The van der Waals surface area contributed by atoms with E-state index in [0.717, 1.165) is 4.47 Å². The lowest BCUT2D eigenvalue weighted by Gasteiger charge is -2.03. The van der Waals surface area contributed by atoms with Gasteiger partial charge in [0.05, 0.1) is 0 Å². The second-order valence-electron chi connectivity index (χ2n) is 3.14. The Balaban J connectivity index is 3.13. The maximum atomic E-state index is 3.46. The zero-order chi connectivity index (χ0) is 9.14. The lowest BCUT2D eigenvalue weighted by atomic mass is 10.0. The summed E-state index contributed by atoms with van der Waals surface area (Å²) >= 11 is 3.46. The summed E-state index contributed by atoms with van der Waals surface area (Å²) in [5.74, 6) is 0. The summed E-state index contributed by atoms with van der Waals surface area (Å²) in [5, 5.41) is 0. The highest BCUT2D eigenvalue weighted by Gasteiger charge is 1.96. The number of rotatable bonds is 1. The fourth-order valence-electron chi connectivity index (χ4n) is 1.01. The maximum absolute atomic E-state index is 3.46. The van der Waals surface area contributed by atoms with Crippen molar-refractivity contribution < 1.29 is 0 Å². The average Bonchev–Trinajstić information content (AvgIpc) is 2.03. The van der Waals surface area contributed by atoms with Crippen molar-refractivity contribution in [2.75, 3.05) is 0 Å². The third-order valence-corrected chi connectivity index (χ3v) is 2.50. The van der Waals surface area contributed by atoms with Crippen molar-refractivity contribution in [3.63, 3.8) is 0 Å². The molecule has 0 fully saturated rings. The molecular formula is C11H13Br. The van der Waals surface area contributed by atoms with Crippen LogP contribution in [0.25, 0.3) is 5.57 Å². The Labute approximate surface area is 82.4 Å². The van der Waals surface area contributed by atoms with Crippen molar-refractivity contribution in [1.82, 2.24) is 0 Å². The Morgan fingerprint density at radius 2 is 1.83 bits per heavy atom. The lowest BCUT2D eigenvalue weighted by molar-refractivity contribution is 1.36. The number of halogens is 1. The zero-order valence-corrected chi connectivity index (χ0v) is 9.27. The molecule has 1 aromatic carbocycles. The van der Waals surface area contributed by atoms with Gasteiger partial charge in [-0.25, -0.2) is 0 Å². The van der Waals surface area contributed by atoms with Crippen molar-refractivity contribution >= 4 is 21.5 Å². The molecule has 0 aromatic heterocycles. The molecule has 64 valence electrons. The predicted molar refractivity (Wildman–Crippen MR) is 58.1 cm³/mol. The monoisotopic (exact) mass is 224 g/mol. The van der Waals surface area contributed by atoms with Gasteiger partial charge in [0, 0.05) is 4.47 Å². The van der Waals surface area contributed by atoms with Crippen LogP contribution < -0.4 is 0 Å². The van der Waals surface area contributed by atoms with Gasteiger partial charge in [0.25, 0.3) is 0 Å². The van der Waals surface area contributed by atoms with E-state index in [2.05, 4.69) is 54.9 Å². The van der Waals surface area contributed by atoms with Crippen molar-refractivity contribution in [1.29, 1.82) is 0 Å². The van der Waals surface area contributed by atoms with Gasteiger partial charge in [-0.15, -0.1) is 0 Å². The summed E-state index contributed by atoms with van der Waals surface area (Å²) in [7, 11) is 0. The molecule has 0 aliphatic rings. The first-order chi connectivity index (χ1) is 5.61. The normalized spacial score (nSPS) is 9.67. The van der Waals surface area contributed by atoms with Gasteiger partial charge in [-0.1, -0.05) is 33.6 Å². The summed E-state index contributed by atoms with van der Waals surface area (Å²) in [6.45, 7) is 6.42. The van der Waals surface area contributed by atoms with E-state index in [1.165, 1.54) is 16.7 Å². The molecule has 0 radical (unpaired) electrons. The van der Waals surface area contributed by atoms with Crippen LogP contribution in [-0.2, 0) is 0 Å². The van der Waals surface area contributed by atoms with E-state index in [-0.39, 0.29) is 0 Å². The van der Waals surface area contributed by atoms with Crippen LogP contribution in [-0.4, -0.2) is 0 Å². The second kappa shape index (κ2) is 3.90. The van der Waals surface area contributed by atoms with E-state index in [1.807, 2.05) is 6.07 Å². The molecule has 1 heteroatoms. The highest BCUT2D eigenvalue weighted by atomic mass is 79.9. The maximum Gasteiger partial charge on any atom is 0.0181 e. The molecule has 0 saturated heterocycles. The largest absolute Gasteiger partial charge is 0.0729 e. The highest BCUT2D eigenvalue weighted by Crippen LogP contribution is 2.20. The molecule has 1 aromatic rings. The molecule has 0 spiro atoms. The van der Waals surface area contributed by atoms with Gasteiger partial charge in [0.2, 0.25) is 0 Å². The van der Waals surface area contributed by atoms with Crippen LogP contribution in [0, 0.1) is 0 Å². The molecule has 12 heavy (non-hydrogen) atoms. The van der Waals surface area contributed by atoms with Gasteiger partial charge in [-0.2, -0.15) is 0 Å². The summed E-state index contributed by atoms with van der Waals surface area (Å²) in [5.41, 5.74) is 4.02. The number of hydrogen-bond acceptors (Lipinski definition) is 0. The highest BCUT2D eigenvalue weighted by molar-refractivity contribution is 9.10. The van der Waals surface area contributed by atoms with Crippen LogP contribution in [0.15, 0.2) is 34.3 Å². The quantitative estimate of drug-likeness (QED) is 0.669. The van der Waals surface area contributed by atoms with Crippen molar-refractivity contribution in [3.8, 4) is 0 Å². The standard InChI is InChI=1S/C11H13Br/c1-8(2)9(3)10-5-4-6-11(12)7-10/h4-7H,1-3H3. The zero-order valence-electron chi connectivity index (χ0n) is 7.69. The lowest BCUT2D eigenvalue weighted by Crippen LogP contribution is -1.81. The van der Waals surface area contributed by atoms with E-state index >= 15 is 0 Å². The van der Waals surface area contributed by atoms with Gasteiger partial charge < -0.3 is 0 Å². The minimum absolute atomic E-state index is 1.14. The van der Waals surface area contributed by atoms with Crippen molar-refractivity contribution in [2.45, 2.75) is 20.8 Å². The van der Waals surface area contributed by atoms with Crippen LogP contribution >= 0.6 is 15.9 Å². The molecule has 0 bridgehead atoms. The van der Waals surface area contributed by atoms with E-state index in [0.29, 0.717) is 0 Å². The van der Waals surface area contributed by atoms with E-state index in [9.17, 15) is 0 Å². The number of allylic oxidation sites excluding steroid dienone is 2. The molecule has 0 saturated carbocycles. The summed E-state index contributed by atoms with van der Waals surface area (Å²) < 4.78 is 1.14. The fraction of sp³-hybridized carbons (Fsp3) is 0.273. The topological polar surface area (TPSA) is 0 Å². The minimum atomic E-state index is 1.14. The molecule has 0 amide bonds. The van der Waals surface area contributed by atoms with E-state index in [1.54, 1.807) is 0 Å². The van der Waals surface area contributed by atoms with Crippen molar-refractivity contribution in [2.24, 2.45) is 0 Å². The molecular weight excluding hydrogens is 212 g/mol. The smallest absolute Gasteiger partial charge is 0.0181 e. The molecule has 0 atom stereocenters. The molecule has 0 aliphatic carbocycles. The van der Waals surface area contributed by atoms with Gasteiger partial charge in [-0.05, 0) is 44.0 Å². The Morgan fingerprint density at radius 1 is 1.17 bits per heavy atom. The number of hydrogen-bond donors (Lipinski definition) is 0. The summed E-state index contributed by atoms with van der Waals surface area (Å²) in [6, 6.07) is 8.38. The number of benzene rings is 1. The fourth-order valence-corrected chi connectivity index (χ4v) is 1.41. The molecule has 0 nitrogen and oxygen atoms in total. The van der Waals surface area contributed by atoms with Crippen LogP contribution in [0.5, 0.6) is 0 Å². The first-order valence-corrected chi connectivity index (χ1v) is 4.80. The van der Waals surface area contributed by atoms with Gasteiger partial charge in [-0.3, -0.25) is 0 Å². The van der Waals surface area contributed by atoms with Gasteiger partial charge >= 0.3 is 0 Å². The Kier molecular flexibility index (Phi) is 3.10. The van der Waals surface area contributed by atoms with Gasteiger partial charge in [0.1, 0.15) is 0 Å². The van der Waals surface area contributed by atoms with Gasteiger partial charge in [0.15, 0.2) is 0 Å². The van der Waals surface area contributed by atoms with Crippen LogP contribution in [0.3, 0.4) is 0 Å². The Morgan fingerprint density at radius 3 is 2.33 bits per heavy atom. The Bertz CT molecular complexity index is 307. The summed E-state index contributed by atoms with van der Waals surface area (Å²) in [6.07, 6.45) is 0. The van der Waals surface area contributed by atoms with E-state index in [4.69, 9.17) is 0 Å². The Hall–Kier alpha value is -0.560. The molecule has 1 rings (SSSR count). The second-order valence-corrected chi connectivity index (χ2v) is 4.05. The first-order valence-electron chi connectivity index (χ1n) is 4.01. The molecule has 0 unspecified atom stereocenters. The minimum Gasteiger partial charge on any atom is -0.0729 e. The van der Waals surface area contributed by atoms with Crippen LogP contribution in [0.4, 0.5) is 0 Å². The van der Waals surface area contributed by atoms with E-state index < -0.39 is 0 Å². The SMILES string of the molecule is CC(C)=C(C)c1cccc(Br)c1. The van der Waals surface area contributed by atoms with Crippen LogP contribution in [0.2, 0.25) is 0 Å². The molecule has 0 heterocycles. The third kappa shape index (κ3) is 2.21. The van der Waals surface area contributed by atoms with Crippen LogP contribution in [0.1, 0.15) is 26.3 Å². The molecule has 0 N–H and O–H groups in total. The van der Waals surface area contributed by atoms with Crippen molar-refractivity contribution in [3.05, 3.63) is 39.9 Å². The average molecular weight is 225 g/mol. The first kappa shape index (κ1) is 9.53.